The van der Waals surface area contributed by atoms with Crippen LogP contribution in [0.5, 0.6) is 11.6 Å². The largest absolute Gasteiger partial charge is 0.439 e. The fraction of sp³-hybridized carbons (Fsp3) is 0. The minimum absolute atomic E-state index is 0.350. The van der Waals surface area contributed by atoms with Crippen molar-refractivity contribution in [2.24, 2.45) is 0 Å². The van der Waals surface area contributed by atoms with E-state index < -0.39 is 0 Å². The van der Waals surface area contributed by atoms with Crippen molar-refractivity contribution in [3.8, 4) is 33.5 Å². The Labute approximate surface area is 164 Å². The van der Waals surface area contributed by atoms with Gasteiger partial charge in [-0.3, -0.25) is 0 Å². The minimum Gasteiger partial charge on any atom is -0.439 e. The van der Waals surface area contributed by atoms with Gasteiger partial charge in [0.25, 0.3) is 0 Å². The van der Waals surface area contributed by atoms with Crippen LogP contribution < -0.4 is 4.74 Å². The SMILES string of the molecule is Clc1ccc(Oc2cc(-c3nc(-c4ccccc4)cs3)cc(Cl)n2)cc1. The van der Waals surface area contributed by atoms with Gasteiger partial charge in [-0.25, -0.2) is 9.97 Å². The Kier molecular flexibility index (Phi) is 4.89. The van der Waals surface area contributed by atoms with Crippen molar-refractivity contribution < 1.29 is 4.74 Å². The maximum atomic E-state index is 6.18. The van der Waals surface area contributed by atoms with E-state index in [1.165, 1.54) is 0 Å². The van der Waals surface area contributed by atoms with Gasteiger partial charge in [0.15, 0.2) is 0 Å². The Morgan fingerprint density at radius 1 is 0.808 bits per heavy atom. The second-order valence-corrected chi connectivity index (χ2v) is 7.16. The smallest absolute Gasteiger partial charge is 0.221 e. The molecule has 0 aliphatic carbocycles. The van der Waals surface area contributed by atoms with Crippen LogP contribution in [0.2, 0.25) is 10.2 Å². The monoisotopic (exact) mass is 398 g/mol. The summed E-state index contributed by atoms with van der Waals surface area (Å²) in [5.41, 5.74) is 2.87. The highest BCUT2D eigenvalue weighted by Crippen LogP contribution is 2.33. The van der Waals surface area contributed by atoms with E-state index in [4.69, 9.17) is 32.9 Å². The van der Waals surface area contributed by atoms with Crippen molar-refractivity contribution in [3.05, 3.63) is 82.3 Å². The zero-order valence-corrected chi connectivity index (χ0v) is 15.7. The first-order valence-electron chi connectivity index (χ1n) is 7.80. The predicted octanol–water partition coefficient (Wildman–Crippen LogP) is 6.97. The normalized spacial score (nSPS) is 10.7. The third-order valence-electron chi connectivity index (χ3n) is 3.63. The number of nitrogens with zero attached hydrogens (tertiary/aromatic N) is 2. The highest BCUT2D eigenvalue weighted by atomic mass is 35.5. The molecule has 0 spiro atoms. The van der Waals surface area contributed by atoms with E-state index in [0.717, 1.165) is 21.8 Å². The zero-order valence-electron chi connectivity index (χ0n) is 13.4. The van der Waals surface area contributed by atoms with Crippen LogP contribution in [0.25, 0.3) is 21.8 Å². The number of benzene rings is 2. The van der Waals surface area contributed by atoms with Crippen molar-refractivity contribution in [3.63, 3.8) is 0 Å². The second-order valence-electron chi connectivity index (χ2n) is 5.48. The van der Waals surface area contributed by atoms with Crippen LogP contribution in [0.1, 0.15) is 0 Å². The van der Waals surface area contributed by atoms with Gasteiger partial charge in [-0.2, -0.15) is 0 Å². The summed E-state index contributed by atoms with van der Waals surface area (Å²) in [7, 11) is 0. The Balaban J connectivity index is 1.64. The summed E-state index contributed by atoms with van der Waals surface area (Å²) in [6.07, 6.45) is 0. The van der Waals surface area contributed by atoms with Crippen LogP contribution >= 0.6 is 34.5 Å². The Morgan fingerprint density at radius 3 is 2.35 bits per heavy atom. The van der Waals surface area contributed by atoms with Crippen LogP contribution in [0, 0.1) is 0 Å². The van der Waals surface area contributed by atoms with Gasteiger partial charge < -0.3 is 4.74 Å². The average Bonchev–Trinajstić information content (AvgIpc) is 3.14. The highest BCUT2D eigenvalue weighted by Gasteiger charge is 2.10. The molecule has 26 heavy (non-hydrogen) atoms. The first-order chi connectivity index (χ1) is 12.7. The Bertz CT molecular complexity index is 1030. The highest BCUT2D eigenvalue weighted by molar-refractivity contribution is 7.13. The molecule has 0 unspecified atom stereocenters. The fourth-order valence-electron chi connectivity index (χ4n) is 2.42. The molecule has 0 saturated heterocycles. The van der Waals surface area contributed by atoms with Crippen molar-refractivity contribution >= 4 is 34.5 Å². The zero-order chi connectivity index (χ0) is 17.9. The molecule has 0 bridgehead atoms. The maximum Gasteiger partial charge on any atom is 0.221 e. The molecule has 2 aromatic carbocycles. The minimum atomic E-state index is 0.350. The van der Waals surface area contributed by atoms with Crippen LogP contribution in [-0.4, -0.2) is 9.97 Å². The third kappa shape index (κ3) is 3.88. The first-order valence-corrected chi connectivity index (χ1v) is 9.43. The number of halogens is 2. The molecular weight excluding hydrogens is 387 g/mol. The van der Waals surface area contributed by atoms with Gasteiger partial charge in [-0.05, 0) is 30.3 Å². The molecule has 4 aromatic rings. The third-order valence-corrected chi connectivity index (χ3v) is 4.96. The van der Waals surface area contributed by atoms with Gasteiger partial charge in [0, 0.05) is 27.6 Å². The molecule has 2 aromatic heterocycles. The Morgan fingerprint density at radius 2 is 1.58 bits per heavy atom. The first kappa shape index (κ1) is 17.0. The van der Waals surface area contributed by atoms with Crippen LogP contribution in [-0.2, 0) is 0 Å². The van der Waals surface area contributed by atoms with Crippen LogP contribution in [0.4, 0.5) is 0 Å². The molecule has 0 amide bonds. The van der Waals surface area contributed by atoms with Gasteiger partial charge in [0.2, 0.25) is 5.88 Å². The molecule has 0 atom stereocenters. The number of thiazole rings is 1. The van der Waals surface area contributed by atoms with E-state index in [1.54, 1.807) is 41.7 Å². The number of pyridine rings is 1. The molecule has 2 heterocycles. The van der Waals surface area contributed by atoms with Gasteiger partial charge in [-0.1, -0.05) is 53.5 Å². The lowest BCUT2D eigenvalue weighted by Crippen LogP contribution is -1.90. The summed E-state index contributed by atoms with van der Waals surface area (Å²) in [5.74, 6) is 1.05. The number of hydrogen-bond donors (Lipinski definition) is 0. The van der Waals surface area contributed by atoms with E-state index >= 15 is 0 Å². The number of ether oxygens (including phenoxy) is 1. The van der Waals surface area contributed by atoms with Crippen molar-refractivity contribution in [2.75, 3.05) is 0 Å². The lowest BCUT2D eigenvalue weighted by Gasteiger charge is -2.07. The fourth-order valence-corrected chi connectivity index (χ4v) is 3.56. The summed E-state index contributed by atoms with van der Waals surface area (Å²) in [6.45, 7) is 0. The molecule has 3 nitrogen and oxygen atoms in total. The van der Waals surface area contributed by atoms with Gasteiger partial charge in [0.05, 0.1) is 5.69 Å². The maximum absolute atomic E-state index is 6.18. The number of hydrogen-bond acceptors (Lipinski definition) is 4. The van der Waals surface area contributed by atoms with Gasteiger partial charge in [-0.15, -0.1) is 11.3 Å². The van der Waals surface area contributed by atoms with Crippen molar-refractivity contribution in [1.29, 1.82) is 0 Å². The van der Waals surface area contributed by atoms with Crippen LogP contribution in [0.15, 0.2) is 72.1 Å². The van der Waals surface area contributed by atoms with E-state index in [1.807, 2.05) is 41.8 Å². The average molecular weight is 399 g/mol. The van der Waals surface area contributed by atoms with E-state index in [9.17, 15) is 0 Å². The quantitative estimate of drug-likeness (QED) is 0.348. The lowest BCUT2D eigenvalue weighted by molar-refractivity contribution is 0.463. The predicted molar refractivity (Wildman–Crippen MR) is 107 cm³/mol. The number of aromatic nitrogens is 2. The van der Waals surface area contributed by atoms with Crippen LogP contribution in [0.3, 0.4) is 0 Å². The number of rotatable bonds is 4. The topological polar surface area (TPSA) is 35.0 Å². The standard InChI is InChI=1S/C20H12Cl2N2OS/c21-15-6-8-16(9-7-15)25-19-11-14(10-18(22)24-19)20-23-17(12-26-20)13-4-2-1-3-5-13/h1-12H. The molecular formula is C20H12Cl2N2OS. The van der Waals surface area contributed by atoms with Crippen molar-refractivity contribution in [2.45, 2.75) is 0 Å². The molecule has 6 heteroatoms. The molecule has 0 N–H and O–H groups in total. The molecule has 0 fully saturated rings. The summed E-state index contributed by atoms with van der Waals surface area (Å²) in [6, 6.07) is 20.7. The summed E-state index contributed by atoms with van der Waals surface area (Å²) >= 11 is 13.6. The molecule has 0 aliphatic rings. The molecule has 0 radical (unpaired) electrons. The molecule has 128 valence electrons. The molecule has 0 aliphatic heterocycles. The second kappa shape index (κ2) is 7.46. The lowest BCUT2D eigenvalue weighted by atomic mass is 10.2. The molecule has 0 saturated carbocycles. The summed E-state index contributed by atoms with van der Waals surface area (Å²) in [4.78, 5) is 8.94. The van der Waals surface area contributed by atoms with E-state index in [0.29, 0.717) is 21.8 Å². The summed E-state index contributed by atoms with van der Waals surface area (Å²) < 4.78 is 5.79. The summed E-state index contributed by atoms with van der Waals surface area (Å²) in [5, 5.41) is 3.88. The van der Waals surface area contributed by atoms with E-state index in [-0.39, 0.29) is 0 Å². The molecule has 4 rings (SSSR count). The van der Waals surface area contributed by atoms with Gasteiger partial charge in [0.1, 0.15) is 15.9 Å². The van der Waals surface area contributed by atoms with Gasteiger partial charge >= 0.3 is 0 Å². The Hall–Kier alpha value is -2.40. The van der Waals surface area contributed by atoms with Crippen molar-refractivity contribution in [1.82, 2.24) is 9.97 Å². The van der Waals surface area contributed by atoms with E-state index in [2.05, 4.69) is 4.98 Å².